The summed E-state index contributed by atoms with van der Waals surface area (Å²) in [5, 5.41) is 6.61. The lowest BCUT2D eigenvalue weighted by molar-refractivity contribution is 0.321. The topological polar surface area (TPSA) is 33.3 Å². The monoisotopic (exact) mass is 252 g/mol. The molecule has 0 amide bonds. The molecule has 2 rings (SSSR count). The van der Waals surface area contributed by atoms with Crippen LogP contribution in [0.4, 0.5) is 10.1 Å². The minimum absolute atomic E-state index is 0.301. The van der Waals surface area contributed by atoms with Crippen LogP contribution in [-0.2, 0) is 0 Å². The first kappa shape index (κ1) is 13.1. The molecule has 0 radical (unpaired) electrons. The predicted octanol–water partition coefficient (Wildman–Crippen LogP) is 2.64. The van der Waals surface area contributed by atoms with Gasteiger partial charge < -0.3 is 15.4 Å². The Labute approximate surface area is 108 Å². The molecular formula is C14H21FN2O. The van der Waals surface area contributed by atoms with E-state index in [1.54, 1.807) is 6.07 Å². The second kappa shape index (κ2) is 6.59. The van der Waals surface area contributed by atoms with Gasteiger partial charge >= 0.3 is 0 Å². The number of halogens is 1. The number of hydrogen-bond donors (Lipinski definition) is 2. The van der Waals surface area contributed by atoms with E-state index < -0.39 is 0 Å². The number of nitrogens with one attached hydrogen (secondary N) is 2. The van der Waals surface area contributed by atoms with Crippen molar-refractivity contribution < 1.29 is 9.13 Å². The number of anilines is 1. The molecule has 2 N–H and O–H groups in total. The molecule has 100 valence electrons. The third kappa shape index (κ3) is 3.60. The predicted molar refractivity (Wildman–Crippen MR) is 71.7 cm³/mol. The van der Waals surface area contributed by atoms with Crippen molar-refractivity contribution in [1.82, 2.24) is 5.32 Å². The van der Waals surface area contributed by atoms with E-state index in [4.69, 9.17) is 4.74 Å². The Kier molecular flexibility index (Phi) is 4.81. The highest BCUT2D eigenvalue weighted by Crippen LogP contribution is 2.21. The second-order valence-electron chi connectivity index (χ2n) is 4.65. The molecule has 1 saturated heterocycles. The van der Waals surface area contributed by atoms with E-state index in [1.807, 2.05) is 13.0 Å². The average molecular weight is 252 g/mol. The summed E-state index contributed by atoms with van der Waals surface area (Å²) < 4.78 is 18.8. The van der Waals surface area contributed by atoms with E-state index in [0.717, 1.165) is 37.7 Å². The molecular weight excluding hydrogens is 231 g/mol. The fourth-order valence-corrected chi connectivity index (χ4v) is 2.26. The number of benzene rings is 1. The quantitative estimate of drug-likeness (QED) is 0.816. The molecule has 1 aromatic carbocycles. The Balaban J connectivity index is 1.80. The van der Waals surface area contributed by atoms with E-state index in [9.17, 15) is 4.39 Å². The molecule has 1 fully saturated rings. The van der Waals surface area contributed by atoms with E-state index in [0.29, 0.717) is 12.4 Å². The maximum Gasteiger partial charge on any atom is 0.167 e. The van der Waals surface area contributed by atoms with Crippen molar-refractivity contribution in [2.24, 2.45) is 5.92 Å². The Bertz CT molecular complexity index is 378. The van der Waals surface area contributed by atoms with Crippen molar-refractivity contribution >= 4 is 5.69 Å². The molecule has 0 bridgehead atoms. The lowest BCUT2D eigenvalue weighted by Gasteiger charge is -2.11. The summed E-state index contributed by atoms with van der Waals surface area (Å²) >= 11 is 0. The number of hydrogen-bond acceptors (Lipinski definition) is 3. The van der Waals surface area contributed by atoms with E-state index in [1.165, 1.54) is 12.5 Å². The Morgan fingerprint density at radius 3 is 3.06 bits per heavy atom. The SMILES string of the molecule is CCOc1ccc(NCCC2CCNC2)cc1F. The molecule has 0 spiro atoms. The van der Waals surface area contributed by atoms with Gasteiger partial charge in [0, 0.05) is 18.3 Å². The van der Waals surface area contributed by atoms with Crippen molar-refractivity contribution in [3.63, 3.8) is 0 Å². The first-order chi connectivity index (χ1) is 8.79. The minimum Gasteiger partial charge on any atom is -0.491 e. The van der Waals surface area contributed by atoms with Gasteiger partial charge in [0.05, 0.1) is 6.61 Å². The lowest BCUT2D eigenvalue weighted by Crippen LogP contribution is -2.12. The van der Waals surface area contributed by atoms with Crippen molar-refractivity contribution in [3.05, 3.63) is 24.0 Å². The third-order valence-corrected chi connectivity index (χ3v) is 3.28. The summed E-state index contributed by atoms with van der Waals surface area (Å²) in [5.41, 5.74) is 0.821. The zero-order chi connectivity index (χ0) is 12.8. The van der Waals surface area contributed by atoms with Gasteiger partial charge in [0.15, 0.2) is 11.6 Å². The van der Waals surface area contributed by atoms with Gasteiger partial charge in [-0.3, -0.25) is 0 Å². The van der Waals surface area contributed by atoms with E-state index in [2.05, 4.69) is 10.6 Å². The van der Waals surface area contributed by atoms with E-state index >= 15 is 0 Å². The molecule has 0 saturated carbocycles. The molecule has 18 heavy (non-hydrogen) atoms. The van der Waals surface area contributed by atoms with Crippen LogP contribution in [0.25, 0.3) is 0 Å². The molecule has 1 aromatic rings. The minimum atomic E-state index is -0.301. The van der Waals surface area contributed by atoms with Crippen molar-refractivity contribution in [1.29, 1.82) is 0 Å². The van der Waals surface area contributed by atoms with Crippen molar-refractivity contribution in [2.75, 3.05) is 31.6 Å². The Morgan fingerprint density at radius 2 is 2.39 bits per heavy atom. The van der Waals surface area contributed by atoms with Crippen LogP contribution in [0.5, 0.6) is 5.75 Å². The standard InChI is InChI=1S/C14H21FN2O/c1-2-18-14-4-3-12(9-13(14)15)17-8-6-11-5-7-16-10-11/h3-4,9,11,16-17H,2,5-8,10H2,1H3. The zero-order valence-electron chi connectivity index (χ0n) is 10.8. The average Bonchev–Trinajstić information content (AvgIpc) is 2.86. The molecule has 1 unspecified atom stereocenters. The largest absolute Gasteiger partial charge is 0.491 e. The maximum atomic E-state index is 13.6. The maximum absolute atomic E-state index is 13.6. The van der Waals surface area contributed by atoms with Gasteiger partial charge in [-0.15, -0.1) is 0 Å². The van der Waals surface area contributed by atoms with Crippen LogP contribution in [0.1, 0.15) is 19.8 Å². The smallest absolute Gasteiger partial charge is 0.167 e. The molecule has 0 aliphatic carbocycles. The van der Waals surface area contributed by atoms with Crippen LogP contribution in [-0.4, -0.2) is 26.2 Å². The van der Waals surface area contributed by atoms with E-state index in [-0.39, 0.29) is 5.82 Å². The highest BCUT2D eigenvalue weighted by Gasteiger charge is 2.13. The summed E-state index contributed by atoms with van der Waals surface area (Å²) in [6.07, 6.45) is 2.38. The summed E-state index contributed by atoms with van der Waals surface area (Å²) in [5.74, 6) is 0.775. The van der Waals surface area contributed by atoms with Crippen molar-refractivity contribution in [2.45, 2.75) is 19.8 Å². The summed E-state index contributed by atoms with van der Waals surface area (Å²) in [7, 11) is 0. The van der Waals surface area contributed by atoms with Gasteiger partial charge in [0.25, 0.3) is 0 Å². The first-order valence-corrected chi connectivity index (χ1v) is 6.66. The van der Waals surface area contributed by atoms with Gasteiger partial charge in [-0.05, 0) is 50.9 Å². The van der Waals surface area contributed by atoms with Crippen LogP contribution in [0, 0.1) is 11.7 Å². The third-order valence-electron chi connectivity index (χ3n) is 3.28. The summed E-state index contributed by atoms with van der Waals surface area (Å²) in [6.45, 7) is 5.46. The second-order valence-corrected chi connectivity index (χ2v) is 4.65. The first-order valence-electron chi connectivity index (χ1n) is 6.66. The Morgan fingerprint density at radius 1 is 1.50 bits per heavy atom. The normalized spacial score (nSPS) is 18.9. The fraction of sp³-hybridized carbons (Fsp3) is 0.571. The van der Waals surface area contributed by atoms with Gasteiger partial charge in [-0.2, -0.15) is 0 Å². The van der Waals surface area contributed by atoms with Crippen molar-refractivity contribution in [3.8, 4) is 5.75 Å². The fourth-order valence-electron chi connectivity index (χ4n) is 2.26. The lowest BCUT2D eigenvalue weighted by atomic mass is 10.1. The van der Waals surface area contributed by atoms with Gasteiger partial charge in [-0.25, -0.2) is 4.39 Å². The molecule has 1 atom stereocenters. The van der Waals surface area contributed by atoms with Gasteiger partial charge in [0.1, 0.15) is 0 Å². The molecule has 1 heterocycles. The zero-order valence-corrected chi connectivity index (χ0v) is 10.8. The number of rotatable bonds is 6. The molecule has 0 aromatic heterocycles. The van der Waals surface area contributed by atoms with Crippen LogP contribution < -0.4 is 15.4 Å². The van der Waals surface area contributed by atoms with Crippen LogP contribution >= 0.6 is 0 Å². The number of ether oxygens (including phenoxy) is 1. The Hall–Kier alpha value is -1.29. The molecule has 4 heteroatoms. The molecule has 1 aliphatic heterocycles. The van der Waals surface area contributed by atoms with Gasteiger partial charge in [-0.1, -0.05) is 0 Å². The molecule has 3 nitrogen and oxygen atoms in total. The molecule has 1 aliphatic rings. The highest BCUT2D eigenvalue weighted by molar-refractivity contribution is 5.47. The highest BCUT2D eigenvalue weighted by atomic mass is 19.1. The van der Waals surface area contributed by atoms with Gasteiger partial charge in [0.2, 0.25) is 0 Å². The summed E-state index contributed by atoms with van der Waals surface area (Å²) in [6, 6.07) is 5.04. The van der Waals surface area contributed by atoms with Crippen LogP contribution in [0.3, 0.4) is 0 Å². The van der Waals surface area contributed by atoms with Crippen LogP contribution in [0.15, 0.2) is 18.2 Å². The summed E-state index contributed by atoms with van der Waals surface area (Å²) in [4.78, 5) is 0. The van der Waals surface area contributed by atoms with Crippen LogP contribution in [0.2, 0.25) is 0 Å².